The van der Waals surface area contributed by atoms with E-state index in [1.54, 1.807) is 0 Å². The molecule has 0 heterocycles. The molecule has 0 aliphatic heterocycles. The van der Waals surface area contributed by atoms with Gasteiger partial charge in [-0.05, 0) is 23.8 Å². The number of amides is 1. The zero-order valence-corrected chi connectivity index (χ0v) is 8.45. The maximum Gasteiger partial charge on any atom is 0.416 e. The second-order valence-corrected chi connectivity index (χ2v) is 3.16. The van der Waals surface area contributed by atoms with E-state index >= 15 is 0 Å². The van der Waals surface area contributed by atoms with Crippen LogP contribution in [0.3, 0.4) is 0 Å². The fraction of sp³-hybridized carbons (Fsp3) is 0.0909. The molecule has 0 aliphatic rings. The summed E-state index contributed by atoms with van der Waals surface area (Å²) in [5.41, 5.74) is 3.71. The predicted octanol–water partition coefficient (Wildman–Crippen LogP) is 2.10. The van der Waals surface area contributed by atoms with Crippen LogP contribution in [0.25, 0.3) is 6.08 Å². The Kier molecular flexibility index (Phi) is 3.53. The van der Waals surface area contributed by atoms with Crippen LogP contribution in [0, 0.1) is 11.3 Å². The number of benzene rings is 1. The molecule has 88 valence electrons. The van der Waals surface area contributed by atoms with Crippen LogP contribution in [-0.4, -0.2) is 5.91 Å². The van der Waals surface area contributed by atoms with Gasteiger partial charge in [-0.1, -0.05) is 12.1 Å². The van der Waals surface area contributed by atoms with Crippen LogP contribution in [-0.2, 0) is 11.0 Å². The van der Waals surface area contributed by atoms with Crippen LogP contribution in [0.2, 0.25) is 0 Å². The number of alkyl halides is 3. The number of rotatable bonds is 2. The molecule has 1 aromatic carbocycles. The summed E-state index contributed by atoms with van der Waals surface area (Å²) in [6.07, 6.45) is -3.46. The van der Waals surface area contributed by atoms with Crippen LogP contribution >= 0.6 is 0 Å². The van der Waals surface area contributed by atoms with Gasteiger partial charge in [0, 0.05) is 0 Å². The fourth-order valence-electron chi connectivity index (χ4n) is 1.13. The van der Waals surface area contributed by atoms with Crippen LogP contribution in [0.5, 0.6) is 0 Å². The van der Waals surface area contributed by atoms with Gasteiger partial charge < -0.3 is 5.73 Å². The minimum atomic E-state index is -4.47. The molecule has 1 rings (SSSR count). The topological polar surface area (TPSA) is 66.9 Å². The monoisotopic (exact) mass is 240 g/mol. The van der Waals surface area contributed by atoms with Crippen molar-refractivity contribution in [2.75, 3.05) is 0 Å². The molecule has 17 heavy (non-hydrogen) atoms. The van der Waals surface area contributed by atoms with Crippen molar-refractivity contribution in [2.24, 2.45) is 5.73 Å². The molecule has 1 amide bonds. The van der Waals surface area contributed by atoms with Crippen LogP contribution < -0.4 is 5.73 Å². The lowest BCUT2D eigenvalue weighted by molar-refractivity contribution is -0.137. The maximum absolute atomic E-state index is 12.4. The number of hydrogen-bond donors (Lipinski definition) is 1. The predicted molar refractivity (Wildman–Crippen MR) is 54.2 cm³/mol. The van der Waals surface area contributed by atoms with Crippen molar-refractivity contribution in [3.8, 4) is 6.07 Å². The van der Waals surface area contributed by atoms with Crippen molar-refractivity contribution in [1.82, 2.24) is 0 Å². The number of nitrogens with zero attached hydrogens (tertiary/aromatic N) is 1. The van der Waals surface area contributed by atoms with E-state index in [0.29, 0.717) is 0 Å². The van der Waals surface area contributed by atoms with E-state index in [1.807, 2.05) is 0 Å². The van der Waals surface area contributed by atoms with Gasteiger partial charge in [0.2, 0.25) is 0 Å². The summed E-state index contributed by atoms with van der Waals surface area (Å²) >= 11 is 0. The third kappa shape index (κ3) is 3.34. The number of nitrogens with two attached hydrogens (primary N) is 1. The zero-order chi connectivity index (χ0) is 13.1. The minimum Gasteiger partial charge on any atom is -0.365 e. The van der Waals surface area contributed by atoms with Gasteiger partial charge in [-0.2, -0.15) is 18.4 Å². The molecule has 0 saturated carbocycles. The first kappa shape index (κ1) is 12.8. The van der Waals surface area contributed by atoms with Gasteiger partial charge in [-0.25, -0.2) is 0 Å². The molecule has 0 fully saturated rings. The molecule has 0 aliphatic carbocycles. The van der Waals surface area contributed by atoms with Crippen molar-refractivity contribution >= 4 is 12.0 Å². The van der Waals surface area contributed by atoms with Crippen molar-refractivity contribution in [1.29, 1.82) is 5.26 Å². The van der Waals surface area contributed by atoms with Crippen molar-refractivity contribution in [2.45, 2.75) is 6.18 Å². The Hall–Kier alpha value is -2.29. The fourth-order valence-corrected chi connectivity index (χ4v) is 1.13. The smallest absolute Gasteiger partial charge is 0.365 e. The number of carbonyl (C=O) groups is 1. The number of carbonyl (C=O) groups excluding carboxylic acids is 1. The van der Waals surface area contributed by atoms with Gasteiger partial charge in [-0.3, -0.25) is 4.79 Å². The van der Waals surface area contributed by atoms with Crippen molar-refractivity contribution < 1.29 is 18.0 Å². The molecule has 0 bridgehead atoms. The lowest BCUT2D eigenvalue weighted by atomic mass is 10.1. The molecule has 2 N–H and O–H groups in total. The summed E-state index contributed by atoms with van der Waals surface area (Å²) in [7, 11) is 0. The Morgan fingerprint density at radius 1 is 1.41 bits per heavy atom. The SMILES string of the molecule is N#C/C(=C\c1cccc(C(F)(F)F)c1)C(N)=O. The summed E-state index contributed by atoms with van der Waals surface area (Å²) in [5, 5.41) is 8.55. The van der Waals surface area contributed by atoms with Gasteiger partial charge in [0.25, 0.3) is 5.91 Å². The number of nitriles is 1. The zero-order valence-electron chi connectivity index (χ0n) is 8.45. The van der Waals surface area contributed by atoms with Gasteiger partial charge in [0.05, 0.1) is 5.56 Å². The Morgan fingerprint density at radius 3 is 2.53 bits per heavy atom. The molecule has 3 nitrogen and oxygen atoms in total. The third-order valence-corrected chi connectivity index (χ3v) is 1.91. The van der Waals surface area contributed by atoms with Crippen LogP contribution in [0.15, 0.2) is 29.8 Å². The van der Waals surface area contributed by atoms with Gasteiger partial charge in [0.1, 0.15) is 11.6 Å². The average molecular weight is 240 g/mol. The molecule has 6 heteroatoms. The van der Waals surface area contributed by atoms with E-state index in [-0.39, 0.29) is 5.56 Å². The van der Waals surface area contributed by atoms with Gasteiger partial charge >= 0.3 is 6.18 Å². The summed E-state index contributed by atoms with van der Waals surface area (Å²) in [6.45, 7) is 0. The molecule has 0 radical (unpaired) electrons. The van der Waals surface area contributed by atoms with Crippen molar-refractivity contribution in [3.05, 3.63) is 41.0 Å². The first-order valence-electron chi connectivity index (χ1n) is 4.43. The van der Waals surface area contributed by atoms with Crippen LogP contribution in [0.4, 0.5) is 13.2 Å². The molecule has 0 spiro atoms. The lowest BCUT2D eigenvalue weighted by Crippen LogP contribution is -2.12. The van der Waals surface area contributed by atoms with Gasteiger partial charge in [-0.15, -0.1) is 0 Å². The molecular weight excluding hydrogens is 233 g/mol. The highest BCUT2D eigenvalue weighted by molar-refractivity contribution is 6.00. The third-order valence-electron chi connectivity index (χ3n) is 1.91. The summed E-state index contributed by atoms with van der Waals surface area (Å²) < 4.78 is 37.1. The highest BCUT2D eigenvalue weighted by Crippen LogP contribution is 2.29. The largest absolute Gasteiger partial charge is 0.416 e. The van der Waals surface area contributed by atoms with E-state index in [1.165, 1.54) is 18.2 Å². The molecule has 0 unspecified atom stereocenters. The summed E-state index contributed by atoms with van der Waals surface area (Å²) in [4.78, 5) is 10.7. The first-order chi connectivity index (χ1) is 7.84. The van der Waals surface area contributed by atoms with Gasteiger partial charge in [0.15, 0.2) is 0 Å². The maximum atomic E-state index is 12.4. The highest BCUT2D eigenvalue weighted by atomic mass is 19.4. The molecule has 0 saturated heterocycles. The number of halogens is 3. The molecular formula is C11H7F3N2O. The van der Waals surface area contributed by atoms with Crippen molar-refractivity contribution in [3.63, 3.8) is 0 Å². The standard InChI is InChI=1S/C11H7F3N2O/c12-11(13,14)9-3-1-2-7(5-9)4-8(6-15)10(16)17/h1-5H,(H2,16,17)/b8-4+. The Labute approximate surface area is 95.0 Å². The average Bonchev–Trinajstić information content (AvgIpc) is 2.24. The molecule has 0 aromatic heterocycles. The summed E-state index contributed by atoms with van der Waals surface area (Å²) in [6, 6.07) is 5.77. The molecule has 1 aromatic rings. The Morgan fingerprint density at radius 2 is 2.06 bits per heavy atom. The summed E-state index contributed by atoms with van der Waals surface area (Å²) in [5.74, 6) is -0.982. The van der Waals surface area contributed by atoms with E-state index in [2.05, 4.69) is 0 Å². The number of primary amides is 1. The molecule has 0 atom stereocenters. The van der Waals surface area contributed by atoms with E-state index < -0.39 is 23.2 Å². The second-order valence-electron chi connectivity index (χ2n) is 3.16. The second kappa shape index (κ2) is 4.70. The van der Waals surface area contributed by atoms with E-state index in [0.717, 1.165) is 18.2 Å². The highest BCUT2D eigenvalue weighted by Gasteiger charge is 2.30. The normalized spacial score (nSPS) is 12.0. The minimum absolute atomic E-state index is 0.0928. The first-order valence-corrected chi connectivity index (χ1v) is 4.43. The van der Waals surface area contributed by atoms with Crippen LogP contribution in [0.1, 0.15) is 11.1 Å². The quantitative estimate of drug-likeness (QED) is 0.635. The van der Waals surface area contributed by atoms with E-state index in [4.69, 9.17) is 11.0 Å². The Balaban J connectivity index is 3.18. The Bertz CT molecular complexity index is 512. The van der Waals surface area contributed by atoms with E-state index in [9.17, 15) is 18.0 Å². The lowest BCUT2D eigenvalue weighted by Gasteiger charge is -2.06. The number of hydrogen-bond acceptors (Lipinski definition) is 2.